The van der Waals surface area contributed by atoms with Gasteiger partial charge in [-0.2, -0.15) is 10.4 Å². The van der Waals surface area contributed by atoms with Gasteiger partial charge in [0.15, 0.2) is 0 Å². The molecule has 0 aliphatic heterocycles. The highest BCUT2D eigenvalue weighted by molar-refractivity contribution is 14.1. The number of benzene rings is 1. The molecule has 0 saturated heterocycles. The Kier molecular flexibility index (Phi) is 2.50. The van der Waals surface area contributed by atoms with Gasteiger partial charge in [-0.15, -0.1) is 0 Å². The first-order chi connectivity index (χ1) is 6.79. The molecule has 0 bridgehead atoms. The van der Waals surface area contributed by atoms with Gasteiger partial charge in [0, 0.05) is 6.20 Å². The molecule has 0 aliphatic rings. The minimum Gasteiger partial charge on any atom is -0.240 e. The van der Waals surface area contributed by atoms with Crippen LogP contribution in [0.3, 0.4) is 0 Å². The van der Waals surface area contributed by atoms with E-state index >= 15 is 0 Å². The second kappa shape index (κ2) is 3.80. The molecule has 0 unspecified atom stereocenters. The van der Waals surface area contributed by atoms with Gasteiger partial charge in [-0.25, -0.2) is 4.68 Å². The van der Waals surface area contributed by atoms with Crippen molar-refractivity contribution in [3.8, 4) is 11.8 Å². The number of nitrogens with zero attached hydrogens (tertiary/aromatic N) is 3. The van der Waals surface area contributed by atoms with Crippen molar-refractivity contribution in [2.45, 2.75) is 0 Å². The van der Waals surface area contributed by atoms with Crippen LogP contribution >= 0.6 is 22.6 Å². The first kappa shape index (κ1) is 9.21. The van der Waals surface area contributed by atoms with Crippen molar-refractivity contribution in [2.75, 3.05) is 0 Å². The zero-order chi connectivity index (χ0) is 9.97. The summed E-state index contributed by atoms with van der Waals surface area (Å²) in [6, 6.07) is 9.46. The first-order valence-corrected chi connectivity index (χ1v) is 5.08. The molecule has 2 aromatic rings. The summed E-state index contributed by atoms with van der Waals surface area (Å²) in [5.41, 5.74) is 1.56. The summed E-state index contributed by atoms with van der Waals surface area (Å²) >= 11 is 2.20. The lowest BCUT2D eigenvalue weighted by atomic mass is 10.2. The van der Waals surface area contributed by atoms with E-state index in [0.717, 1.165) is 9.26 Å². The molecule has 2 rings (SSSR count). The predicted molar refractivity (Wildman–Crippen MR) is 61.0 cm³/mol. The Labute approximate surface area is 95.1 Å². The molecular weight excluding hydrogens is 289 g/mol. The number of aromatic nitrogens is 2. The molecule has 0 radical (unpaired) electrons. The molecular formula is C10H6IN3. The zero-order valence-corrected chi connectivity index (χ0v) is 9.34. The van der Waals surface area contributed by atoms with E-state index in [9.17, 15) is 0 Å². The molecule has 3 nitrogen and oxygen atoms in total. The van der Waals surface area contributed by atoms with Crippen LogP contribution in [0.4, 0.5) is 0 Å². The third-order valence-electron chi connectivity index (χ3n) is 1.79. The molecule has 14 heavy (non-hydrogen) atoms. The molecule has 0 spiro atoms. The van der Waals surface area contributed by atoms with Crippen molar-refractivity contribution in [1.82, 2.24) is 9.78 Å². The molecule has 1 heterocycles. The molecule has 4 heteroatoms. The highest BCUT2D eigenvalue weighted by Gasteiger charge is 1.99. The Morgan fingerprint density at radius 1 is 1.43 bits per heavy atom. The van der Waals surface area contributed by atoms with E-state index in [0.29, 0.717) is 5.56 Å². The van der Waals surface area contributed by atoms with Gasteiger partial charge >= 0.3 is 0 Å². The van der Waals surface area contributed by atoms with Gasteiger partial charge in [-0.05, 0) is 40.8 Å². The van der Waals surface area contributed by atoms with Gasteiger partial charge in [-0.1, -0.05) is 6.07 Å². The lowest BCUT2D eigenvalue weighted by Crippen LogP contribution is -1.93. The largest absolute Gasteiger partial charge is 0.240 e. The van der Waals surface area contributed by atoms with Crippen LogP contribution in [0, 0.1) is 14.9 Å². The summed E-state index contributed by atoms with van der Waals surface area (Å²) in [6.07, 6.45) is 3.69. The Morgan fingerprint density at radius 3 is 2.93 bits per heavy atom. The third-order valence-corrected chi connectivity index (χ3v) is 2.35. The van der Waals surface area contributed by atoms with E-state index in [-0.39, 0.29) is 0 Å². The minimum atomic E-state index is 0.646. The average molecular weight is 295 g/mol. The fourth-order valence-electron chi connectivity index (χ4n) is 1.16. The quantitative estimate of drug-likeness (QED) is 0.758. The zero-order valence-electron chi connectivity index (χ0n) is 7.18. The van der Waals surface area contributed by atoms with Crippen LogP contribution < -0.4 is 0 Å². The minimum absolute atomic E-state index is 0.646. The molecule has 0 fully saturated rings. The highest BCUT2D eigenvalue weighted by atomic mass is 127. The standard InChI is InChI=1S/C10H6IN3/c11-9-6-13-14(7-9)10-3-1-2-8(4-10)5-12/h1-4,6-7H. The van der Waals surface area contributed by atoms with Crippen molar-refractivity contribution in [3.63, 3.8) is 0 Å². The number of hydrogen-bond donors (Lipinski definition) is 0. The summed E-state index contributed by atoms with van der Waals surface area (Å²) in [6.45, 7) is 0. The van der Waals surface area contributed by atoms with Gasteiger partial charge in [0.2, 0.25) is 0 Å². The molecule has 0 saturated carbocycles. The molecule has 0 aliphatic carbocycles. The number of rotatable bonds is 1. The second-order valence-electron chi connectivity index (χ2n) is 2.77. The van der Waals surface area contributed by atoms with Crippen molar-refractivity contribution >= 4 is 22.6 Å². The summed E-state index contributed by atoms with van der Waals surface area (Å²) < 4.78 is 2.83. The second-order valence-corrected chi connectivity index (χ2v) is 4.01. The molecule has 0 amide bonds. The van der Waals surface area contributed by atoms with Gasteiger partial charge in [0.05, 0.1) is 27.1 Å². The van der Waals surface area contributed by atoms with E-state index in [1.807, 2.05) is 24.4 Å². The van der Waals surface area contributed by atoms with E-state index < -0.39 is 0 Å². The maximum absolute atomic E-state index is 8.73. The topological polar surface area (TPSA) is 41.6 Å². The van der Waals surface area contributed by atoms with Crippen LogP contribution in [-0.4, -0.2) is 9.78 Å². The molecule has 0 atom stereocenters. The Bertz CT molecular complexity index is 496. The van der Waals surface area contributed by atoms with Gasteiger partial charge in [-0.3, -0.25) is 0 Å². The van der Waals surface area contributed by atoms with Crippen LogP contribution in [0.5, 0.6) is 0 Å². The monoisotopic (exact) mass is 295 g/mol. The van der Waals surface area contributed by atoms with E-state index in [1.54, 1.807) is 16.9 Å². The molecule has 1 aromatic carbocycles. The number of halogens is 1. The SMILES string of the molecule is N#Cc1cccc(-n2cc(I)cn2)c1. The number of nitriles is 1. The van der Waals surface area contributed by atoms with Crippen molar-refractivity contribution < 1.29 is 0 Å². The summed E-state index contributed by atoms with van der Waals surface area (Å²) in [5, 5.41) is 12.9. The first-order valence-electron chi connectivity index (χ1n) is 4.00. The normalized spacial score (nSPS) is 9.71. The highest BCUT2D eigenvalue weighted by Crippen LogP contribution is 2.11. The average Bonchev–Trinajstić information content (AvgIpc) is 2.65. The fourth-order valence-corrected chi connectivity index (χ4v) is 1.55. The lowest BCUT2D eigenvalue weighted by molar-refractivity contribution is 0.880. The maximum Gasteiger partial charge on any atom is 0.0992 e. The maximum atomic E-state index is 8.73. The van der Waals surface area contributed by atoms with Crippen LogP contribution in [-0.2, 0) is 0 Å². The Hall–Kier alpha value is -1.35. The molecule has 1 aromatic heterocycles. The van der Waals surface area contributed by atoms with Crippen LogP contribution in [0.15, 0.2) is 36.7 Å². The molecule has 68 valence electrons. The van der Waals surface area contributed by atoms with Crippen LogP contribution in [0.25, 0.3) is 5.69 Å². The smallest absolute Gasteiger partial charge is 0.0992 e. The van der Waals surface area contributed by atoms with Gasteiger partial charge in [0.1, 0.15) is 0 Å². The summed E-state index contributed by atoms with van der Waals surface area (Å²) in [7, 11) is 0. The van der Waals surface area contributed by atoms with E-state index in [4.69, 9.17) is 5.26 Å². The fraction of sp³-hybridized carbons (Fsp3) is 0. The lowest BCUT2D eigenvalue weighted by Gasteiger charge is -1.99. The van der Waals surface area contributed by atoms with E-state index in [1.165, 1.54) is 0 Å². The predicted octanol–water partition coefficient (Wildman–Crippen LogP) is 2.35. The van der Waals surface area contributed by atoms with Gasteiger partial charge in [0.25, 0.3) is 0 Å². The van der Waals surface area contributed by atoms with Crippen LogP contribution in [0.2, 0.25) is 0 Å². The van der Waals surface area contributed by atoms with Gasteiger partial charge < -0.3 is 0 Å². The Balaban J connectivity index is 2.47. The summed E-state index contributed by atoms with van der Waals surface area (Å²) in [5.74, 6) is 0. The Morgan fingerprint density at radius 2 is 2.29 bits per heavy atom. The van der Waals surface area contributed by atoms with E-state index in [2.05, 4.69) is 33.8 Å². The van der Waals surface area contributed by atoms with Crippen molar-refractivity contribution in [1.29, 1.82) is 5.26 Å². The van der Waals surface area contributed by atoms with Crippen molar-refractivity contribution in [3.05, 3.63) is 45.8 Å². The third kappa shape index (κ3) is 1.77. The summed E-state index contributed by atoms with van der Waals surface area (Å²) in [4.78, 5) is 0. The number of hydrogen-bond acceptors (Lipinski definition) is 2. The molecule has 0 N–H and O–H groups in total. The van der Waals surface area contributed by atoms with Crippen molar-refractivity contribution in [2.24, 2.45) is 0 Å². The van der Waals surface area contributed by atoms with Crippen LogP contribution in [0.1, 0.15) is 5.56 Å².